The third kappa shape index (κ3) is 4.03. The van der Waals surface area contributed by atoms with Gasteiger partial charge in [-0.1, -0.05) is 117 Å². The van der Waals surface area contributed by atoms with Crippen molar-refractivity contribution in [3.05, 3.63) is 163 Å². The van der Waals surface area contributed by atoms with Gasteiger partial charge in [-0.05, 0) is 86.8 Å². The molecule has 214 valence electrons. The lowest BCUT2D eigenvalue weighted by molar-refractivity contribution is 0.619. The summed E-state index contributed by atoms with van der Waals surface area (Å²) in [6.07, 6.45) is 0. The third-order valence-electron chi connectivity index (χ3n) is 9.60. The maximum atomic E-state index is 6.39. The Morgan fingerprint density at radius 3 is 1.71 bits per heavy atom. The van der Waals surface area contributed by atoms with E-state index in [0.29, 0.717) is 0 Å². The number of benzene rings is 7. The standard InChI is InChI=1S/C43H31NO/c1-43(2)39-27-33(19-24-37(39)42-41(43)38-13-7-8-14-40(38)45-42)30-15-20-34(21-16-30)44(35-22-17-28-9-3-5-11-31(28)25-35)36-23-18-29-10-4-6-12-32(29)26-36/h3-27H,1-2H3. The number of hydrogen-bond donors (Lipinski definition) is 0. The zero-order valence-corrected chi connectivity index (χ0v) is 25.3. The van der Waals surface area contributed by atoms with Crippen molar-refractivity contribution >= 4 is 49.6 Å². The van der Waals surface area contributed by atoms with Crippen LogP contribution in [0.5, 0.6) is 0 Å². The van der Waals surface area contributed by atoms with E-state index >= 15 is 0 Å². The summed E-state index contributed by atoms with van der Waals surface area (Å²) >= 11 is 0. The fourth-order valence-corrected chi connectivity index (χ4v) is 7.31. The Bertz CT molecular complexity index is 2330. The van der Waals surface area contributed by atoms with Crippen molar-refractivity contribution in [1.82, 2.24) is 0 Å². The van der Waals surface area contributed by atoms with E-state index in [9.17, 15) is 0 Å². The number of rotatable bonds is 4. The van der Waals surface area contributed by atoms with Crippen molar-refractivity contribution in [3.8, 4) is 22.5 Å². The number of nitrogens with zero attached hydrogens (tertiary/aromatic N) is 1. The van der Waals surface area contributed by atoms with Gasteiger partial charge in [0, 0.05) is 39.0 Å². The number of para-hydroxylation sites is 1. The molecule has 0 aliphatic heterocycles. The average Bonchev–Trinajstić information content (AvgIpc) is 3.58. The molecule has 0 radical (unpaired) electrons. The van der Waals surface area contributed by atoms with E-state index in [-0.39, 0.29) is 5.41 Å². The van der Waals surface area contributed by atoms with Crippen molar-refractivity contribution in [2.24, 2.45) is 0 Å². The maximum Gasteiger partial charge on any atom is 0.139 e. The Kier molecular flexibility index (Phi) is 5.58. The zero-order valence-electron chi connectivity index (χ0n) is 25.3. The highest BCUT2D eigenvalue weighted by Gasteiger charge is 2.40. The van der Waals surface area contributed by atoms with Crippen LogP contribution in [0.15, 0.2) is 156 Å². The molecule has 2 heteroatoms. The zero-order chi connectivity index (χ0) is 30.1. The van der Waals surface area contributed by atoms with Gasteiger partial charge in [-0.2, -0.15) is 0 Å². The molecule has 1 aliphatic carbocycles. The Balaban J connectivity index is 1.13. The van der Waals surface area contributed by atoms with Crippen LogP contribution in [0.3, 0.4) is 0 Å². The van der Waals surface area contributed by atoms with E-state index in [4.69, 9.17) is 4.42 Å². The van der Waals surface area contributed by atoms with Crippen LogP contribution in [-0.4, -0.2) is 0 Å². The number of anilines is 3. The van der Waals surface area contributed by atoms with Gasteiger partial charge in [0.2, 0.25) is 0 Å². The highest BCUT2D eigenvalue weighted by molar-refractivity contribution is 5.96. The molecule has 0 bridgehead atoms. The molecule has 45 heavy (non-hydrogen) atoms. The molecule has 1 heterocycles. The molecule has 1 aliphatic rings. The summed E-state index contributed by atoms with van der Waals surface area (Å²) in [6, 6.07) is 54.8. The molecule has 2 nitrogen and oxygen atoms in total. The van der Waals surface area contributed by atoms with Crippen LogP contribution in [0, 0.1) is 0 Å². The predicted molar refractivity (Wildman–Crippen MR) is 189 cm³/mol. The summed E-state index contributed by atoms with van der Waals surface area (Å²) in [4.78, 5) is 2.36. The van der Waals surface area contributed by atoms with E-state index in [2.05, 4.69) is 164 Å². The summed E-state index contributed by atoms with van der Waals surface area (Å²) in [5, 5.41) is 6.14. The van der Waals surface area contributed by atoms with Crippen molar-refractivity contribution in [1.29, 1.82) is 0 Å². The van der Waals surface area contributed by atoms with E-state index in [1.165, 1.54) is 54.7 Å². The SMILES string of the molecule is CC1(C)c2cc(-c3ccc(N(c4ccc5ccccc5c4)c4ccc5ccccc5c4)cc3)ccc2-c2oc3ccccc3c21. The van der Waals surface area contributed by atoms with E-state index in [0.717, 1.165) is 28.4 Å². The number of hydrogen-bond acceptors (Lipinski definition) is 2. The molecule has 0 atom stereocenters. The Morgan fingerprint density at radius 2 is 1.04 bits per heavy atom. The largest absolute Gasteiger partial charge is 0.456 e. The molecule has 0 spiro atoms. The van der Waals surface area contributed by atoms with E-state index in [1.54, 1.807) is 0 Å². The molecular weight excluding hydrogens is 546 g/mol. The second-order valence-corrected chi connectivity index (χ2v) is 12.6. The lowest BCUT2D eigenvalue weighted by Gasteiger charge is -2.26. The van der Waals surface area contributed by atoms with Crippen LogP contribution in [0.25, 0.3) is 55.0 Å². The van der Waals surface area contributed by atoms with E-state index < -0.39 is 0 Å². The molecule has 0 amide bonds. The fraction of sp³-hybridized carbons (Fsp3) is 0.0698. The van der Waals surface area contributed by atoms with Gasteiger partial charge in [-0.15, -0.1) is 0 Å². The monoisotopic (exact) mass is 577 g/mol. The molecule has 8 aromatic rings. The van der Waals surface area contributed by atoms with Crippen molar-refractivity contribution in [2.45, 2.75) is 19.3 Å². The van der Waals surface area contributed by atoms with Crippen LogP contribution >= 0.6 is 0 Å². The molecular formula is C43H31NO. The number of furan rings is 1. The smallest absolute Gasteiger partial charge is 0.139 e. The molecule has 0 N–H and O–H groups in total. The molecule has 1 aromatic heterocycles. The summed E-state index contributed by atoms with van der Waals surface area (Å²) in [5.41, 5.74) is 10.4. The Labute approximate surface area is 262 Å². The Morgan fingerprint density at radius 1 is 0.489 bits per heavy atom. The van der Waals surface area contributed by atoms with Crippen molar-refractivity contribution < 1.29 is 4.42 Å². The summed E-state index contributed by atoms with van der Waals surface area (Å²) in [5.74, 6) is 1.01. The first-order valence-corrected chi connectivity index (χ1v) is 15.6. The average molecular weight is 578 g/mol. The summed E-state index contributed by atoms with van der Waals surface area (Å²) < 4.78 is 6.39. The van der Waals surface area contributed by atoms with Gasteiger partial charge in [-0.3, -0.25) is 0 Å². The van der Waals surface area contributed by atoms with Gasteiger partial charge in [0.05, 0.1) is 0 Å². The molecule has 0 unspecified atom stereocenters. The normalized spacial score (nSPS) is 13.3. The quantitative estimate of drug-likeness (QED) is 0.207. The Hall–Kier alpha value is -5.60. The van der Waals surface area contributed by atoms with Crippen LogP contribution in [0.2, 0.25) is 0 Å². The first-order chi connectivity index (χ1) is 22.0. The van der Waals surface area contributed by atoms with Crippen molar-refractivity contribution in [3.63, 3.8) is 0 Å². The first-order valence-electron chi connectivity index (χ1n) is 15.6. The van der Waals surface area contributed by atoms with Gasteiger partial charge >= 0.3 is 0 Å². The molecule has 0 saturated heterocycles. The highest BCUT2D eigenvalue weighted by Crippen LogP contribution is 2.53. The molecule has 0 fully saturated rings. The minimum Gasteiger partial charge on any atom is -0.456 e. The second kappa shape index (κ2) is 9.70. The minimum absolute atomic E-state index is 0.143. The van der Waals surface area contributed by atoms with Crippen LogP contribution in [0.1, 0.15) is 25.0 Å². The van der Waals surface area contributed by atoms with Crippen LogP contribution < -0.4 is 4.90 Å². The van der Waals surface area contributed by atoms with Gasteiger partial charge in [0.25, 0.3) is 0 Å². The van der Waals surface area contributed by atoms with Crippen LogP contribution in [0.4, 0.5) is 17.1 Å². The molecule has 0 saturated carbocycles. The molecule has 9 rings (SSSR count). The second-order valence-electron chi connectivity index (χ2n) is 12.6. The highest BCUT2D eigenvalue weighted by atomic mass is 16.3. The van der Waals surface area contributed by atoms with Gasteiger partial charge in [0.15, 0.2) is 0 Å². The van der Waals surface area contributed by atoms with Crippen LogP contribution in [-0.2, 0) is 5.41 Å². The predicted octanol–water partition coefficient (Wildman–Crippen LogP) is 12.2. The lowest BCUT2D eigenvalue weighted by atomic mass is 9.80. The molecule has 7 aromatic carbocycles. The van der Waals surface area contributed by atoms with Crippen molar-refractivity contribution in [2.75, 3.05) is 4.90 Å². The van der Waals surface area contributed by atoms with Gasteiger partial charge in [0.1, 0.15) is 11.3 Å². The lowest BCUT2D eigenvalue weighted by Crippen LogP contribution is -2.15. The first kappa shape index (κ1) is 25.9. The number of fused-ring (bicyclic) bond motifs is 7. The minimum atomic E-state index is -0.143. The third-order valence-corrected chi connectivity index (χ3v) is 9.60. The van der Waals surface area contributed by atoms with Gasteiger partial charge < -0.3 is 9.32 Å². The summed E-state index contributed by atoms with van der Waals surface area (Å²) in [6.45, 7) is 4.63. The topological polar surface area (TPSA) is 16.4 Å². The van der Waals surface area contributed by atoms with E-state index in [1.807, 2.05) is 6.07 Å². The fourth-order valence-electron chi connectivity index (χ4n) is 7.31. The summed E-state index contributed by atoms with van der Waals surface area (Å²) in [7, 11) is 0. The maximum absolute atomic E-state index is 6.39. The van der Waals surface area contributed by atoms with Gasteiger partial charge in [-0.25, -0.2) is 0 Å².